The van der Waals surface area contributed by atoms with E-state index in [1.807, 2.05) is 18.2 Å². The molecular weight excluding hydrogens is 304 g/mol. The predicted molar refractivity (Wildman–Crippen MR) is 90.1 cm³/mol. The lowest BCUT2D eigenvalue weighted by atomic mass is 9.82. The maximum atomic E-state index is 12.9. The molecule has 1 aliphatic rings. The van der Waals surface area contributed by atoms with E-state index in [1.54, 1.807) is 4.90 Å². The number of carbonyl (C=O) groups excluding carboxylic acids is 1. The Morgan fingerprint density at radius 2 is 1.92 bits per heavy atom. The summed E-state index contributed by atoms with van der Waals surface area (Å²) in [5.74, 6) is -1.04. The molecule has 5 heteroatoms. The van der Waals surface area contributed by atoms with Crippen molar-refractivity contribution in [2.45, 2.75) is 31.7 Å². The molecule has 1 fully saturated rings. The minimum absolute atomic E-state index is 0.0740. The first-order valence-corrected chi connectivity index (χ1v) is 7.97. The Bertz CT molecular complexity index is 771. The van der Waals surface area contributed by atoms with Crippen molar-refractivity contribution in [1.82, 2.24) is 9.88 Å². The largest absolute Gasteiger partial charge is 0.478 e. The molecule has 2 heterocycles. The number of carboxylic acid groups (broad SMARTS) is 1. The van der Waals surface area contributed by atoms with Crippen molar-refractivity contribution in [3.8, 4) is 0 Å². The Labute approximate surface area is 140 Å². The summed E-state index contributed by atoms with van der Waals surface area (Å²) in [6.45, 7) is 4.73. The van der Waals surface area contributed by atoms with Crippen LogP contribution in [-0.2, 0) is 0 Å². The van der Waals surface area contributed by atoms with E-state index in [0.29, 0.717) is 6.54 Å². The Hall–Kier alpha value is -2.69. The van der Waals surface area contributed by atoms with Crippen molar-refractivity contribution in [2.75, 3.05) is 6.54 Å². The summed E-state index contributed by atoms with van der Waals surface area (Å²) in [5, 5.41) is 9.10. The normalized spacial score (nSPS) is 19.2. The highest BCUT2D eigenvalue weighted by atomic mass is 16.4. The van der Waals surface area contributed by atoms with E-state index in [4.69, 9.17) is 5.11 Å². The molecule has 1 N–H and O–H groups in total. The lowest BCUT2D eigenvalue weighted by Gasteiger charge is -2.36. The van der Waals surface area contributed by atoms with Crippen molar-refractivity contribution in [1.29, 1.82) is 0 Å². The van der Waals surface area contributed by atoms with Crippen LogP contribution in [0.3, 0.4) is 0 Å². The average molecular weight is 324 g/mol. The monoisotopic (exact) mass is 324 g/mol. The van der Waals surface area contributed by atoms with Crippen LogP contribution in [0.2, 0.25) is 0 Å². The van der Waals surface area contributed by atoms with Crippen LogP contribution in [0.5, 0.6) is 0 Å². The SMILES string of the molecule is CC1(C)C(c2ccccc2)CCN1C(=O)c1cc(C(=O)O)ccn1. The van der Waals surface area contributed by atoms with Crippen LogP contribution in [0.4, 0.5) is 0 Å². The summed E-state index contributed by atoms with van der Waals surface area (Å²) in [6.07, 6.45) is 2.25. The second-order valence-corrected chi connectivity index (χ2v) is 6.60. The molecule has 1 aliphatic heterocycles. The van der Waals surface area contributed by atoms with Crippen LogP contribution in [0.15, 0.2) is 48.7 Å². The molecule has 1 atom stereocenters. The van der Waals surface area contributed by atoms with E-state index in [9.17, 15) is 9.59 Å². The highest BCUT2D eigenvalue weighted by Gasteiger charge is 2.44. The number of pyridine rings is 1. The van der Waals surface area contributed by atoms with Gasteiger partial charge in [0, 0.05) is 24.2 Å². The zero-order chi connectivity index (χ0) is 17.3. The van der Waals surface area contributed by atoms with Crippen LogP contribution in [-0.4, -0.2) is 39.0 Å². The third-order valence-electron chi connectivity index (χ3n) is 4.86. The standard InChI is InChI=1S/C19H20N2O3/c1-19(2)15(13-6-4-3-5-7-13)9-11-21(19)17(22)16-12-14(18(23)24)8-10-20-16/h3-8,10,12,15H,9,11H2,1-2H3,(H,23,24). The van der Waals surface area contributed by atoms with Gasteiger partial charge in [-0.2, -0.15) is 0 Å². The zero-order valence-corrected chi connectivity index (χ0v) is 13.8. The number of carbonyl (C=O) groups is 2. The van der Waals surface area contributed by atoms with Crippen molar-refractivity contribution >= 4 is 11.9 Å². The van der Waals surface area contributed by atoms with E-state index in [-0.39, 0.29) is 28.6 Å². The fourth-order valence-corrected chi connectivity index (χ4v) is 3.53. The van der Waals surface area contributed by atoms with Crippen molar-refractivity contribution in [3.63, 3.8) is 0 Å². The fraction of sp³-hybridized carbons (Fsp3) is 0.316. The molecule has 0 spiro atoms. The van der Waals surface area contributed by atoms with E-state index in [0.717, 1.165) is 6.42 Å². The molecule has 0 saturated carbocycles. The summed E-state index contributed by atoms with van der Waals surface area (Å²) in [6, 6.07) is 12.9. The first kappa shape index (κ1) is 16.2. The van der Waals surface area contributed by atoms with Crippen LogP contribution in [0.1, 0.15) is 52.6 Å². The van der Waals surface area contributed by atoms with Crippen molar-refractivity contribution in [2.24, 2.45) is 0 Å². The number of amides is 1. The summed E-state index contributed by atoms with van der Waals surface area (Å²) >= 11 is 0. The number of benzene rings is 1. The van der Waals surface area contributed by atoms with Gasteiger partial charge in [0.25, 0.3) is 5.91 Å². The van der Waals surface area contributed by atoms with Crippen LogP contribution in [0.25, 0.3) is 0 Å². The quantitative estimate of drug-likeness (QED) is 0.941. The molecule has 24 heavy (non-hydrogen) atoms. The maximum absolute atomic E-state index is 12.9. The summed E-state index contributed by atoms with van der Waals surface area (Å²) in [4.78, 5) is 29.9. The lowest BCUT2D eigenvalue weighted by Crippen LogP contribution is -2.45. The molecule has 0 aliphatic carbocycles. The summed E-state index contributed by atoms with van der Waals surface area (Å²) < 4.78 is 0. The van der Waals surface area contributed by atoms with Gasteiger partial charge in [0.1, 0.15) is 5.69 Å². The molecule has 1 unspecified atom stereocenters. The molecular formula is C19H20N2O3. The predicted octanol–water partition coefficient (Wildman–Crippen LogP) is 3.19. The number of rotatable bonds is 3. The molecule has 3 rings (SSSR count). The molecule has 0 bridgehead atoms. The fourth-order valence-electron chi connectivity index (χ4n) is 3.53. The molecule has 124 valence electrons. The second-order valence-electron chi connectivity index (χ2n) is 6.60. The van der Waals surface area contributed by atoms with Gasteiger partial charge in [0.05, 0.1) is 5.56 Å². The second kappa shape index (κ2) is 6.07. The van der Waals surface area contributed by atoms with E-state index >= 15 is 0 Å². The minimum Gasteiger partial charge on any atom is -0.478 e. The van der Waals surface area contributed by atoms with Crippen molar-refractivity contribution < 1.29 is 14.7 Å². The molecule has 1 amide bonds. The van der Waals surface area contributed by atoms with Crippen LogP contribution >= 0.6 is 0 Å². The average Bonchev–Trinajstić information content (AvgIpc) is 2.90. The van der Waals surface area contributed by atoms with E-state index < -0.39 is 5.97 Å². The third kappa shape index (κ3) is 2.77. The number of nitrogens with zero attached hydrogens (tertiary/aromatic N) is 2. The molecule has 1 saturated heterocycles. The van der Waals surface area contributed by atoms with Crippen LogP contribution < -0.4 is 0 Å². The molecule has 1 aromatic heterocycles. The number of aromatic carboxylic acids is 1. The summed E-state index contributed by atoms with van der Waals surface area (Å²) in [7, 11) is 0. The van der Waals surface area contributed by atoms with Gasteiger partial charge in [-0.25, -0.2) is 4.79 Å². The van der Waals surface area contributed by atoms with Crippen molar-refractivity contribution in [3.05, 3.63) is 65.5 Å². The van der Waals surface area contributed by atoms with Gasteiger partial charge >= 0.3 is 5.97 Å². The van der Waals surface area contributed by atoms with Gasteiger partial charge in [0.15, 0.2) is 0 Å². The van der Waals surface area contributed by atoms with Gasteiger partial charge in [-0.15, -0.1) is 0 Å². The highest BCUT2D eigenvalue weighted by Crippen LogP contribution is 2.42. The van der Waals surface area contributed by atoms with E-state index in [2.05, 4.69) is 31.0 Å². The van der Waals surface area contributed by atoms with Gasteiger partial charge in [0.2, 0.25) is 0 Å². The minimum atomic E-state index is -1.06. The summed E-state index contributed by atoms with van der Waals surface area (Å²) in [5.41, 5.74) is 1.10. The Morgan fingerprint density at radius 3 is 2.58 bits per heavy atom. The number of hydrogen-bond acceptors (Lipinski definition) is 3. The number of hydrogen-bond donors (Lipinski definition) is 1. The Balaban J connectivity index is 1.89. The van der Waals surface area contributed by atoms with Gasteiger partial charge in [-0.1, -0.05) is 30.3 Å². The number of carboxylic acids is 1. The van der Waals surface area contributed by atoms with Gasteiger partial charge in [-0.3, -0.25) is 9.78 Å². The molecule has 0 radical (unpaired) electrons. The zero-order valence-electron chi connectivity index (χ0n) is 13.8. The molecule has 1 aromatic carbocycles. The Morgan fingerprint density at radius 1 is 1.21 bits per heavy atom. The first-order valence-electron chi connectivity index (χ1n) is 7.97. The smallest absolute Gasteiger partial charge is 0.335 e. The molecule has 5 nitrogen and oxygen atoms in total. The number of likely N-dealkylation sites (tertiary alicyclic amines) is 1. The maximum Gasteiger partial charge on any atom is 0.335 e. The van der Waals surface area contributed by atoms with E-state index in [1.165, 1.54) is 23.9 Å². The highest BCUT2D eigenvalue weighted by molar-refractivity contribution is 5.96. The van der Waals surface area contributed by atoms with Gasteiger partial charge in [-0.05, 0) is 38.0 Å². The number of aromatic nitrogens is 1. The van der Waals surface area contributed by atoms with Crippen LogP contribution in [0, 0.1) is 0 Å². The third-order valence-corrected chi connectivity index (χ3v) is 4.86. The first-order chi connectivity index (χ1) is 11.4. The topological polar surface area (TPSA) is 70.5 Å². The molecule has 2 aromatic rings. The lowest BCUT2D eigenvalue weighted by molar-refractivity contribution is 0.0629. The Kier molecular flexibility index (Phi) is 4.09. The van der Waals surface area contributed by atoms with Gasteiger partial charge < -0.3 is 10.0 Å².